The molecule has 1 heterocycles. The summed E-state index contributed by atoms with van der Waals surface area (Å²) in [7, 11) is 1.91. The Balaban J connectivity index is 2.36. The molecule has 2 aromatic rings. The second kappa shape index (κ2) is 3.87. The Hall–Kier alpha value is -1.61. The molecule has 0 aliphatic carbocycles. The number of aryl methyl sites for hydroxylation is 2. The van der Waals surface area contributed by atoms with Crippen LogP contribution in [0.15, 0.2) is 36.5 Å². The van der Waals surface area contributed by atoms with Crippen molar-refractivity contribution in [2.75, 3.05) is 0 Å². The summed E-state index contributed by atoms with van der Waals surface area (Å²) in [5.41, 5.74) is 9.38. The Morgan fingerprint density at radius 2 is 1.93 bits per heavy atom. The second-order valence-electron chi connectivity index (χ2n) is 3.73. The Kier molecular flexibility index (Phi) is 2.56. The van der Waals surface area contributed by atoms with Gasteiger partial charge in [0.15, 0.2) is 0 Å². The Labute approximate surface area is 89.5 Å². The topological polar surface area (TPSA) is 43.8 Å². The maximum atomic E-state index is 6.18. The van der Waals surface area contributed by atoms with E-state index in [2.05, 4.69) is 5.10 Å². The lowest BCUT2D eigenvalue weighted by Gasteiger charge is -2.10. The molecule has 2 N–H and O–H groups in total. The number of benzene rings is 1. The van der Waals surface area contributed by atoms with Crippen LogP contribution in [0.25, 0.3) is 0 Å². The summed E-state index contributed by atoms with van der Waals surface area (Å²) in [5.74, 6) is 0. The van der Waals surface area contributed by atoms with Crippen molar-refractivity contribution >= 4 is 0 Å². The van der Waals surface area contributed by atoms with E-state index in [1.807, 2.05) is 50.5 Å². The van der Waals surface area contributed by atoms with E-state index in [-0.39, 0.29) is 6.04 Å². The summed E-state index contributed by atoms with van der Waals surface area (Å²) in [4.78, 5) is 0. The van der Waals surface area contributed by atoms with Crippen LogP contribution in [0.3, 0.4) is 0 Å². The molecular formula is C12H15N3. The lowest BCUT2D eigenvalue weighted by atomic mass is 10.0. The van der Waals surface area contributed by atoms with Crippen molar-refractivity contribution in [3.8, 4) is 0 Å². The van der Waals surface area contributed by atoms with E-state index in [0.29, 0.717) is 0 Å². The van der Waals surface area contributed by atoms with Gasteiger partial charge in [0.05, 0.1) is 11.7 Å². The van der Waals surface area contributed by atoms with Crippen LogP contribution >= 0.6 is 0 Å². The highest BCUT2D eigenvalue weighted by Crippen LogP contribution is 2.21. The van der Waals surface area contributed by atoms with Crippen LogP contribution in [0.5, 0.6) is 0 Å². The smallest absolute Gasteiger partial charge is 0.0644 e. The highest BCUT2D eigenvalue weighted by Gasteiger charge is 2.13. The first-order valence-electron chi connectivity index (χ1n) is 4.99. The Morgan fingerprint density at radius 1 is 1.27 bits per heavy atom. The molecular weight excluding hydrogens is 186 g/mol. The first kappa shape index (κ1) is 9.93. The normalized spacial score (nSPS) is 12.7. The molecule has 2 rings (SSSR count). The minimum absolute atomic E-state index is 0.0834. The van der Waals surface area contributed by atoms with Gasteiger partial charge in [0.1, 0.15) is 0 Å². The molecule has 1 aromatic heterocycles. The molecule has 0 amide bonds. The third kappa shape index (κ3) is 1.92. The highest BCUT2D eigenvalue weighted by atomic mass is 15.2. The van der Waals surface area contributed by atoms with Gasteiger partial charge in [-0.25, -0.2) is 0 Å². The summed E-state index contributed by atoms with van der Waals surface area (Å²) in [5, 5.41) is 4.29. The zero-order chi connectivity index (χ0) is 10.8. The number of hydrogen-bond donors (Lipinski definition) is 1. The molecule has 3 heteroatoms. The first-order valence-corrected chi connectivity index (χ1v) is 4.99. The van der Waals surface area contributed by atoms with E-state index >= 15 is 0 Å². The largest absolute Gasteiger partial charge is 0.320 e. The molecule has 0 radical (unpaired) electrons. The van der Waals surface area contributed by atoms with Crippen LogP contribution in [0.4, 0.5) is 0 Å². The van der Waals surface area contributed by atoms with Crippen molar-refractivity contribution in [2.45, 2.75) is 13.0 Å². The van der Waals surface area contributed by atoms with E-state index < -0.39 is 0 Å². The number of rotatable bonds is 2. The van der Waals surface area contributed by atoms with Crippen molar-refractivity contribution in [3.05, 3.63) is 53.3 Å². The van der Waals surface area contributed by atoms with Crippen molar-refractivity contribution in [3.63, 3.8) is 0 Å². The van der Waals surface area contributed by atoms with Gasteiger partial charge in [-0.3, -0.25) is 4.68 Å². The number of nitrogens with zero attached hydrogens (tertiary/aromatic N) is 2. The van der Waals surface area contributed by atoms with Gasteiger partial charge in [-0.2, -0.15) is 5.10 Å². The standard InChI is InChI=1S/C12H15N3/c1-9-11(8-15(2)14-9)12(13)10-6-4-3-5-7-10/h3-8,12H,13H2,1-2H3. The lowest BCUT2D eigenvalue weighted by Crippen LogP contribution is -2.12. The summed E-state index contributed by atoms with van der Waals surface area (Å²) in [6.45, 7) is 1.98. The Morgan fingerprint density at radius 3 is 2.47 bits per heavy atom. The zero-order valence-corrected chi connectivity index (χ0v) is 9.01. The monoisotopic (exact) mass is 201 g/mol. The molecule has 1 aromatic carbocycles. The molecule has 0 aliphatic rings. The van der Waals surface area contributed by atoms with Crippen LogP contribution < -0.4 is 5.73 Å². The summed E-state index contributed by atoms with van der Waals surface area (Å²) < 4.78 is 1.80. The van der Waals surface area contributed by atoms with E-state index in [4.69, 9.17) is 5.73 Å². The molecule has 78 valence electrons. The van der Waals surface area contributed by atoms with Gasteiger partial charge in [-0.1, -0.05) is 30.3 Å². The van der Waals surface area contributed by atoms with Crippen molar-refractivity contribution in [2.24, 2.45) is 12.8 Å². The zero-order valence-electron chi connectivity index (χ0n) is 9.01. The molecule has 1 atom stereocenters. The lowest BCUT2D eigenvalue weighted by molar-refractivity contribution is 0.756. The average molecular weight is 201 g/mol. The molecule has 0 fully saturated rings. The van der Waals surface area contributed by atoms with Gasteiger partial charge in [0.2, 0.25) is 0 Å². The van der Waals surface area contributed by atoms with E-state index in [1.165, 1.54) is 0 Å². The van der Waals surface area contributed by atoms with E-state index in [9.17, 15) is 0 Å². The van der Waals surface area contributed by atoms with Gasteiger partial charge in [0.25, 0.3) is 0 Å². The molecule has 1 unspecified atom stereocenters. The molecule has 0 aliphatic heterocycles. The van der Waals surface area contributed by atoms with Gasteiger partial charge >= 0.3 is 0 Å². The minimum Gasteiger partial charge on any atom is -0.320 e. The van der Waals surface area contributed by atoms with Crippen molar-refractivity contribution in [1.29, 1.82) is 0 Å². The quantitative estimate of drug-likeness (QED) is 0.804. The van der Waals surface area contributed by atoms with Gasteiger partial charge < -0.3 is 5.73 Å². The summed E-state index contributed by atoms with van der Waals surface area (Å²) in [6, 6.07) is 9.99. The minimum atomic E-state index is -0.0834. The second-order valence-corrected chi connectivity index (χ2v) is 3.73. The highest BCUT2D eigenvalue weighted by molar-refractivity contribution is 5.31. The molecule has 0 spiro atoms. The molecule has 15 heavy (non-hydrogen) atoms. The van der Waals surface area contributed by atoms with Crippen molar-refractivity contribution in [1.82, 2.24) is 9.78 Å². The maximum absolute atomic E-state index is 6.18. The Bertz CT molecular complexity index is 445. The number of nitrogens with two attached hydrogens (primary N) is 1. The van der Waals surface area contributed by atoms with Gasteiger partial charge in [-0.15, -0.1) is 0 Å². The summed E-state index contributed by atoms with van der Waals surface area (Å²) >= 11 is 0. The summed E-state index contributed by atoms with van der Waals surface area (Å²) in [6.07, 6.45) is 1.98. The fraction of sp³-hybridized carbons (Fsp3) is 0.250. The van der Waals surface area contributed by atoms with E-state index in [0.717, 1.165) is 16.8 Å². The number of aromatic nitrogens is 2. The molecule has 0 saturated carbocycles. The maximum Gasteiger partial charge on any atom is 0.0644 e. The predicted octanol–water partition coefficient (Wildman–Crippen LogP) is 1.78. The molecule has 0 saturated heterocycles. The molecule has 0 bridgehead atoms. The SMILES string of the molecule is Cc1nn(C)cc1C(N)c1ccccc1. The van der Waals surface area contributed by atoms with Crippen molar-refractivity contribution < 1.29 is 0 Å². The first-order chi connectivity index (χ1) is 7.18. The van der Waals surface area contributed by atoms with Crippen LogP contribution in [0, 0.1) is 6.92 Å². The number of hydrogen-bond acceptors (Lipinski definition) is 2. The van der Waals surface area contributed by atoms with Crippen LogP contribution in [-0.4, -0.2) is 9.78 Å². The van der Waals surface area contributed by atoms with Crippen LogP contribution in [-0.2, 0) is 7.05 Å². The van der Waals surface area contributed by atoms with Gasteiger partial charge in [0, 0.05) is 18.8 Å². The van der Waals surface area contributed by atoms with Crippen LogP contribution in [0.2, 0.25) is 0 Å². The fourth-order valence-corrected chi connectivity index (χ4v) is 1.76. The van der Waals surface area contributed by atoms with Gasteiger partial charge in [-0.05, 0) is 12.5 Å². The predicted molar refractivity (Wildman–Crippen MR) is 60.4 cm³/mol. The molecule has 3 nitrogen and oxygen atoms in total. The fourth-order valence-electron chi connectivity index (χ4n) is 1.76. The third-order valence-corrected chi connectivity index (χ3v) is 2.55. The van der Waals surface area contributed by atoms with Crippen LogP contribution in [0.1, 0.15) is 22.9 Å². The third-order valence-electron chi connectivity index (χ3n) is 2.55. The van der Waals surface area contributed by atoms with E-state index in [1.54, 1.807) is 4.68 Å². The average Bonchev–Trinajstić information content (AvgIpc) is 2.58.